The maximum absolute atomic E-state index is 13.8. The molecule has 2 atom stereocenters. The van der Waals surface area contributed by atoms with Gasteiger partial charge in [-0.1, -0.05) is 60.7 Å². The topological polar surface area (TPSA) is 61.2 Å². The summed E-state index contributed by atoms with van der Waals surface area (Å²) in [6.45, 7) is 0. The summed E-state index contributed by atoms with van der Waals surface area (Å²) in [4.78, 5) is 28.8. The van der Waals surface area contributed by atoms with Gasteiger partial charge in [-0.05, 0) is 50.3 Å². The predicted octanol–water partition coefficient (Wildman–Crippen LogP) is 4.52. The Kier molecular flexibility index (Phi) is 3.46. The highest BCUT2D eigenvalue weighted by molar-refractivity contribution is 9.10. The number of anilines is 1. The lowest BCUT2D eigenvalue weighted by molar-refractivity contribution is -0.122. The van der Waals surface area contributed by atoms with Gasteiger partial charge in [-0.15, -0.1) is 0 Å². The SMILES string of the molecule is N#CC12c3ccccc3C(c3ccccc31)[C@@H]1C(=O)N(c3ccccc3Br)C(=O)[C@@H]12. The molecule has 144 valence electrons. The molecule has 1 aliphatic heterocycles. The van der Waals surface area contributed by atoms with Gasteiger partial charge >= 0.3 is 0 Å². The summed E-state index contributed by atoms with van der Waals surface area (Å²) in [6.07, 6.45) is 0. The van der Waals surface area contributed by atoms with E-state index in [1.54, 1.807) is 12.1 Å². The van der Waals surface area contributed by atoms with Crippen LogP contribution in [0.2, 0.25) is 0 Å². The molecule has 0 N–H and O–H groups in total. The molecule has 2 bridgehead atoms. The number of hydrogen-bond acceptors (Lipinski definition) is 3. The van der Waals surface area contributed by atoms with E-state index in [2.05, 4.69) is 22.0 Å². The highest BCUT2D eigenvalue weighted by Gasteiger charge is 2.68. The van der Waals surface area contributed by atoms with Crippen LogP contribution in [0.4, 0.5) is 5.69 Å². The Morgan fingerprint density at radius 2 is 1.40 bits per heavy atom. The summed E-state index contributed by atoms with van der Waals surface area (Å²) in [6, 6.07) is 25.3. The second-order valence-electron chi connectivity index (χ2n) is 8.04. The molecule has 1 fully saturated rings. The third-order valence-corrected chi connectivity index (χ3v) is 7.56. The highest BCUT2D eigenvalue weighted by atomic mass is 79.9. The first kappa shape index (κ1) is 17.6. The van der Waals surface area contributed by atoms with Crippen LogP contribution in [0.3, 0.4) is 0 Å². The van der Waals surface area contributed by atoms with Crippen LogP contribution in [0, 0.1) is 23.2 Å². The molecule has 4 nitrogen and oxygen atoms in total. The Morgan fingerprint density at radius 1 is 0.833 bits per heavy atom. The van der Waals surface area contributed by atoms with Crippen molar-refractivity contribution in [2.45, 2.75) is 11.3 Å². The van der Waals surface area contributed by atoms with E-state index in [0.29, 0.717) is 10.2 Å². The molecule has 0 spiro atoms. The lowest BCUT2D eigenvalue weighted by atomic mass is 9.48. The van der Waals surface area contributed by atoms with Gasteiger partial charge in [0.2, 0.25) is 11.8 Å². The first-order valence-electron chi connectivity index (χ1n) is 9.83. The van der Waals surface area contributed by atoms with E-state index >= 15 is 0 Å². The molecule has 3 aliphatic carbocycles. The molecule has 3 aromatic carbocycles. The molecule has 2 amide bonds. The molecule has 7 rings (SSSR count). The zero-order valence-electron chi connectivity index (χ0n) is 15.7. The quantitative estimate of drug-likeness (QED) is 0.507. The van der Waals surface area contributed by atoms with Crippen LogP contribution in [-0.4, -0.2) is 11.8 Å². The Hall–Kier alpha value is -3.23. The minimum atomic E-state index is -1.17. The first-order chi connectivity index (χ1) is 14.6. The molecule has 0 radical (unpaired) electrons. The van der Waals surface area contributed by atoms with E-state index in [4.69, 9.17) is 0 Å². The van der Waals surface area contributed by atoms with Crippen molar-refractivity contribution in [3.8, 4) is 6.07 Å². The number of rotatable bonds is 1. The molecular formula is C25H15BrN2O2. The standard InChI is InChI=1S/C25H15BrN2O2/c26-18-11-5-6-12-19(18)28-23(29)21-20-14-7-1-3-9-16(14)25(13-27,22(21)24(28)30)17-10-4-2-8-15(17)20/h1-12,20-22H/t20?,21-,22+,25?/m0/s1. The average Bonchev–Trinajstić information content (AvgIpc) is 3.05. The number of imide groups is 1. The van der Waals surface area contributed by atoms with Crippen LogP contribution in [0.15, 0.2) is 77.3 Å². The summed E-state index contributed by atoms with van der Waals surface area (Å²) >= 11 is 3.48. The number of nitrogens with zero attached hydrogens (tertiary/aromatic N) is 2. The second kappa shape index (κ2) is 5.90. The van der Waals surface area contributed by atoms with E-state index in [-0.39, 0.29) is 17.7 Å². The summed E-state index contributed by atoms with van der Waals surface area (Å²) in [7, 11) is 0. The minimum Gasteiger partial charge on any atom is -0.274 e. The summed E-state index contributed by atoms with van der Waals surface area (Å²) in [5, 5.41) is 10.6. The van der Waals surface area contributed by atoms with Crippen LogP contribution < -0.4 is 4.90 Å². The smallest absolute Gasteiger partial charge is 0.240 e. The maximum Gasteiger partial charge on any atom is 0.240 e. The molecule has 5 heteroatoms. The van der Waals surface area contributed by atoms with E-state index in [1.165, 1.54) is 4.90 Å². The first-order valence-corrected chi connectivity index (χ1v) is 10.6. The summed E-state index contributed by atoms with van der Waals surface area (Å²) in [5.74, 6) is -2.09. The Balaban J connectivity index is 1.67. The normalized spacial score (nSPS) is 28.0. The van der Waals surface area contributed by atoms with E-state index in [9.17, 15) is 14.9 Å². The van der Waals surface area contributed by atoms with Gasteiger partial charge in [-0.2, -0.15) is 5.26 Å². The molecule has 0 saturated carbocycles. The Labute approximate surface area is 181 Å². The highest BCUT2D eigenvalue weighted by Crippen LogP contribution is 2.64. The third kappa shape index (κ3) is 1.86. The lowest BCUT2D eigenvalue weighted by Gasteiger charge is -2.50. The van der Waals surface area contributed by atoms with Gasteiger partial charge in [-0.3, -0.25) is 9.59 Å². The molecule has 30 heavy (non-hydrogen) atoms. The van der Waals surface area contributed by atoms with Crippen LogP contribution in [0.1, 0.15) is 28.2 Å². The van der Waals surface area contributed by atoms with Gasteiger partial charge in [0, 0.05) is 10.4 Å². The number of carbonyl (C=O) groups is 2. The zero-order chi connectivity index (χ0) is 20.6. The monoisotopic (exact) mass is 454 g/mol. The van der Waals surface area contributed by atoms with E-state index < -0.39 is 17.3 Å². The third-order valence-electron chi connectivity index (χ3n) is 6.89. The van der Waals surface area contributed by atoms with Gasteiger partial charge in [0.25, 0.3) is 0 Å². The van der Waals surface area contributed by atoms with Gasteiger partial charge < -0.3 is 0 Å². The fourth-order valence-corrected chi connectivity index (χ4v) is 6.29. The van der Waals surface area contributed by atoms with Crippen molar-refractivity contribution in [3.63, 3.8) is 0 Å². The number of para-hydroxylation sites is 1. The minimum absolute atomic E-state index is 0.231. The molecule has 4 aliphatic rings. The Morgan fingerprint density at radius 3 is 2.00 bits per heavy atom. The number of benzene rings is 3. The number of amides is 2. The van der Waals surface area contributed by atoms with E-state index in [0.717, 1.165) is 22.3 Å². The average molecular weight is 455 g/mol. The number of carbonyl (C=O) groups excluding carboxylic acids is 2. The second-order valence-corrected chi connectivity index (χ2v) is 8.89. The predicted molar refractivity (Wildman–Crippen MR) is 115 cm³/mol. The molecule has 0 unspecified atom stereocenters. The maximum atomic E-state index is 13.8. The van der Waals surface area contributed by atoms with Crippen molar-refractivity contribution in [1.29, 1.82) is 5.26 Å². The molecular weight excluding hydrogens is 440 g/mol. The van der Waals surface area contributed by atoms with Crippen LogP contribution in [0.5, 0.6) is 0 Å². The molecule has 3 aromatic rings. The van der Waals surface area contributed by atoms with Crippen molar-refractivity contribution in [3.05, 3.63) is 99.5 Å². The van der Waals surface area contributed by atoms with Crippen LogP contribution >= 0.6 is 15.9 Å². The van der Waals surface area contributed by atoms with Crippen molar-refractivity contribution in [1.82, 2.24) is 0 Å². The number of hydrogen-bond donors (Lipinski definition) is 0. The van der Waals surface area contributed by atoms with Gasteiger partial charge in [0.1, 0.15) is 5.41 Å². The van der Waals surface area contributed by atoms with Gasteiger partial charge in [0.05, 0.1) is 23.6 Å². The van der Waals surface area contributed by atoms with Crippen LogP contribution in [0.25, 0.3) is 0 Å². The summed E-state index contributed by atoms with van der Waals surface area (Å²) in [5.41, 5.74) is 3.03. The molecule has 0 aromatic heterocycles. The fourth-order valence-electron chi connectivity index (χ4n) is 5.83. The molecule has 1 heterocycles. The van der Waals surface area contributed by atoms with E-state index in [1.807, 2.05) is 60.7 Å². The largest absolute Gasteiger partial charge is 0.274 e. The van der Waals surface area contributed by atoms with Crippen molar-refractivity contribution >= 4 is 33.4 Å². The van der Waals surface area contributed by atoms with Gasteiger partial charge in [0.15, 0.2) is 0 Å². The number of nitriles is 1. The Bertz CT molecular complexity index is 1260. The van der Waals surface area contributed by atoms with Crippen molar-refractivity contribution in [2.24, 2.45) is 11.8 Å². The number of halogens is 1. The molecule has 1 saturated heterocycles. The lowest BCUT2D eigenvalue weighted by Crippen LogP contribution is -2.52. The zero-order valence-corrected chi connectivity index (χ0v) is 17.3. The van der Waals surface area contributed by atoms with Crippen LogP contribution in [-0.2, 0) is 15.0 Å². The fraction of sp³-hybridized carbons (Fsp3) is 0.160. The van der Waals surface area contributed by atoms with Crippen molar-refractivity contribution in [2.75, 3.05) is 4.90 Å². The summed E-state index contributed by atoms with van der Waals surface area (Å²) < 4.78 is 0.679. The van der Waals surface area contributed by atoms with Gasteiger partial charge in [-0.25, -0.2) is 4.90 Å². The van der Waals surface area contributed by atoms with Crippen molar-refractivity contribution < 1.29 is 9.59 Å².